The second kappa shape index (κ2) is 7.39. The number of thiazole rings is 1. The number of carbonyl (C=O) groups excluding carboxylic acids is 1. The van der Waals surface area contributed by atoms with E-state index in [1.165, 1.54) is 23.7 Å². The van der Waals surface area contributed by atoms with Gasteiger partial charge in [-0.05, 0) is 25.1 Å². The average Bonchev–Trinajstić information content (AvgIpc) is 3.15. The average molecular weight is 396 g/mol. The van der Waals surface area contributed by atoms with Crippen molar-refractivity contribution in [3.8, 4) is 10.7 Å². The molecule has 1 aromatic carbocycles. The third kappa shape index (κ3) is 4.27. The van der Waals surface area contributed by atoms with Gasteiger partial charge in [-0.1, -0.05) is 0 Å². The van der Waals surface area contributed by atoms with Crippen LogP contribution >= 0.6 is 11.3 Å². The van der Waals surface area contributed by atoms with Crippen molar-refractivity contribution in [2.75, 3.05) is 0 Å². The summed E-state index contributed by atoms with van der Waals surface area (Å²) in [6.07, 6.45) is -0.269. The summed E-state index contributed by atoms with van der Waals surface area (Å²) in [5.41, 5.74) is -0.819. The summed E-state index contributed by atoms with van der Waals surface area (Å²) in [4.78, 5) is 24.9. The van der Waals surface area contributed by atoms with Gasteiger partial charge in [0.05, 0.1) is 17.3 Å². The predicted molar refractivity (Wildman–Crippen MR) is 90.4 cm³/mol. The minimum Gasteiger partial charge on any atom is -0.344 e. The van der Waals surface area contributed by atoms with Gasteiger partial charge in [-0.15, -0.1) is 11.3 Å². The van der Waals surface area contributed by atoms with Crippen LogP contribution in [0.4, 0.5) is 17.6 Å². The van der Waals surface area contributed by atoms with E-state index in [1.54, 1.807) is 18.5 Å². The molecule has 2 aromatic heterocycles. The number of hydrogen-bond acceptors (Lipinski definition) is 5. The van der Waals surface area contributed by atoms with Crippen LogP contribution in [-0.4, -0.2) is 20.9 Å². The number of alkyl halides is 3. The van der Waals surface area contributed by atoms with Crippen molar-refractivity contribution in [3.05, 3.63) is 64.8 Å². The molecule has 0 radical (unpaired) electrons. The molecule has 0 fully saturated rings. The Labute approximate surface area is 155 Å². The van der Waals surface area contributed by atoms with Crippen molar-refractivity contribution in [1.29, 1.82) is 0 Å². The van der Waals surface area contributed by atoms with Crippen LogP contribution in [0, 0.1) is 5.82 Å². The summed E-state index contributed by atoms with van der Waals surface area (Å²) in [5, 5.41) is 4.86. The first-order valence-corrected chi connectivity index (χ1v) is 8.53. The summed E-state index contributed by atoms with van der Waals surface area (Å²) >= 11 is 1.33. The highest BCUT2D eigenvalue weighted by Crippen LogP contribution is 2.31. The summed E-state index contributed by atoms with van der Waals surface area (Å²) in [6.45, 7) is 1.60. The van der Waals surface area contributed by atoms with Gasteiger partial charge in [0.1, 0.15) is 16.5 Å². The van der Waals surface area contributed by atoms with Gasteiger partial charge in [-0.2, -0.15) is 13.2 Å². The van der Waals surface area contributed by atoms with Gasteiger partial charge < -0.3 is 5.32 Å². The van der Waals surface area contributed by atoms with E-state index in [1.807, 2.05) is 0 Å². The summed E-state index contributed by atoms with van der Waals surface area (Å²) in [6, 6.07) is 0.991. The lowest BCUT2D eigenvalue weighted by atomic mass is 10.1. The Bertz CT molecular complexity index is 960. The SMILES string of the molecule is C[C@@H](NC(=O)c1cc(F)cc(C(F)(F)F)c1)c1nccnc1-c1nccs1. The second-order valence-corrected chi connectivity index (χ2v) is 6.44. The van der Waals surface area contributed by atoms with E-state index in [4.69, 9.17) is 0 Å². The Kier molecular flexibility index (Phi) is 5.17. The molecule has 1 atom stereocenters. The highest BCUT2D eigenvalue weighted by atomic mass is 32.1. The van der Waals surface area contributed by atoms with Gasteiger partial charge in [0.25, 0.3) is 5.91 Å². The number of carbonyl (C=O) groups is 1. The van der Waals surface area contributed by atoms with E-state index >= 15 is 0 Å². The number of amides is 1. The van der Waals surface area contributed by atoms with Crippen molar-refractivity contribution in [2.45, 2.75) is 19.1 Å². The summed E-state index contributed by atoms with van der Waals surface area (Å²) < 4.78 is 52.0. The van der Waals surface area contributed by atoms with Gasteiger partial charge in [0.2, 0.25) is 0 Å². The molecular weight excluding hydrogens is 384 g/mol. The standard InChI is InChI=1S/C17H12F4N4OS/c1-9(13-14(23-3-2-22-13)16-24-4-5-27-16)25-15(26)10-6-11(17(19,20)21)8-12(18)7-10/h2-9H,1H3,(H,25,26)/t9-/m1/s1. The first kappa shape index (κ1) is 18.9. The maximum absolute atomic E-state index is 13.5. The summed E-state index contributed by atoms with van der Waals surface area (Å²) in [5.74, 6) is -2.01. The zero-order chi connectivity index (χ0) is 19.6. The quantitative estimate of drug-likeness (QED) is 0.670. The second-order valence-electron chi connectivity index (χ2n) is 5.55. The molecule has 2 heterocycles. The molecule has 0 unspecified atom stereocenters. The Morgan fingerprint density at radius 2 is 1.85 bits per heavy atom. The molecular formula is C17H12F4N4OS. The summed E-state index contributed by atoms with van der Waals surface area (Å²) in [7, 11) is 0. The highest BCUT2D eigenvalue weighted by Gasteiger charge is 2.32. The molecule has 5 nitrogen and oxygen atoms in total. The fraction of sp³-hybridized carbons (Fsp3) is 0.176. The van der Waals surface area contributed by atoms with E-state index in [2.05, 4.69) is 20.3 Å². The Balaban J connectivity index is 1.87. The van der Waals surface area contributed by atoms with E-state index < -0.39 is 35.1 Å². The molecule has 27 heavy (non-hydrogen) atoms. The third-order valence-electron chi connectivity index (χ3n) is 3.61. The van der Waals surface area contributed by atoms with Crippen LogP contribution in [0.15, 0.2) is 42.2 Å². The topological polar surface area (TPSA) is 67.8 Å². The monoisotopic (exact) mass is 396 g/mol. The zero-order valence-electron chi connectivity index (χ0n) is 13.8. The largest absolute Gasteiger partial charge is 0.416 e. The molecule has 0 aliphatic heterocycles. The van der Waals surface area contributed by atoms with Crippen LogP contribution in [0.3, 0.4) is 0 Å². The van der Waals surface area contributed by atoms with E-state index in [0.717, 1.165) is 6.07 Å². The number of rotatable bonds is 4. The molecule has 0 aliphatic carbocycles. The molecule has 0 aliphatic rings. The molecule has 0 spiro atoms. The molecule has 3 rings (SSSR count). The van der Waals surface area contributed by atoms with Crippen molar-refractivity contribution in [1.82, 2.24) is 20.3 Å². The lowest BCUT2D eigenvalue weighted by Crippen LogP contribution is -2.28. The van der Waals surface area contributed by atoms with Crippen molar-refractivity contribution >= 4 is 17.2 Å². The maximum atomic E-state index is 13.5. The van der Waals surface area contributed by atoms with Crippen LogP contribution in [0.5, 0.6) is 0 Å². The van der Waals surface area contributed by atoms with Gasteiger partial charge >= 0.3 is 6.18 Å². The molecule has 1 N–H and O–H groups in total. The maximum Gasteiger partial charge on any atom is 0.416 e. The van der Waals surface area contributed by atoms with Crippen molar-refractivity contribution < 1.29 is 22.4 Å². The van der Waals surface area contributed by atoms with Crippen LogP contribution < -0.4 is 5.32 Å². The fourth-order valence-corrected chi connectivity index (χ4v) is 3.04. The number of benzene rings is 1. The van der Waals surface area contributed by atoms with Crippen molar-refractivity contribution in [2.24, 2.45) is 0 Å². The number of aromatic nitrogens is 3. The highest BCUT2D eigenvalue weighted by molar-refractivity contribution is 7.13. The lowest BCUT2D eigenvalue weighted by Gasteiger charge is -2.16. The Hall–Kier alpha value is -2.88. The van der Waals surface area contributed by atoms with Crippen LogP contribution in [0.1, 0.15) is 34.6 Å². The van der Waals surface area contributed by atoms with Gasteiger partial charge in [0, 0.05) is 29.5 Å². The van der Waals surface area contributed by atoms with E-state index in [9.17, 15) is 22.4 Å². The van der Waals surface area contributed by atoms with Crippen molar-refractivity contribution in [3.63, 3.8) is 0 Å². The normalized spacial score (nSPS) is 12.6. The minimum atomic E-state index is -4.76. The van der Waals surface area contributed by atoms with E-state index in [-0.39, 0.29) is 0 Å². The minimum absolute atomic E-state index is 0.337. The van der Waals surface area contributed by atoms with E-state index in [0.29, 0.717) is 28.5 Å². The van der Waals surface area contributed by atoms with Crippen LogP contribution in [0.2, 0.25) is 0 Å². The number of halogens is 4. The molecule has 0 bridgehead atoms. The van der Waals surface area contributed by atoms with Crippen LogP contribution in [0.25, 0.3) is 10.7 Å². The number of hydrogen-bond donors (Lipinski definition) is 1. The van der Waals surface area contributed by atoms with Gasteiger partial charge in [-0.3, -0.25) is 14.8 Å². The smallest absolute Gasteiger partial charge is 0.344 e. The Morgan fingerprint density at radius 3 is 2.52 bits per heavy atom. The third-order valence-corrected chi connectivity index (χ3v) is 4.39. The molecule has 0 saturated heterocycles. The van der Waals surface area contributed by atoms with Crippen LogP contribution in [-0.2, 0) is 6.18 Å². The molecule has 1 amide bonds. The number of nitrogens with zero attached hydrogens (tertiary/aromatic N) is 3. The zero-order valence-corrected chi connectivity index (χ0v) is 14.6. The predicted octanol–water partition coefficient (Wildman–Crippen LogP) is 4.25. The first-order valence-electron chi connectivity index (χ1n) is 7.65. The molecule has 3 aromatic rings. The fourth-order valence-electron chi connectivity index (χ4n) is 2.40. The van der Waals surface area contributed by atoms with Gasteiger partial charge in [-0.25, -0.2) is 9.37 Å². The molecule has 10 heteroatoms. The number of nitrogens with one attached hydrogen (secondary N) is 1. The first-order chi connectivity index (χ1) is 12.8. The molecule has 140 valence electrons. The van der Waals surface area contributed by atoms with Gasteiger partial charge in [0.15, 0.2) is 0 Å². The lowest BCUT2D eigenvalue weighted by molar-refractivity contribution is -0.137. The Morgan fingerprint density at radius 1 is 1.11 bits per heavy atom. The molecule has 0 saturated carbocycles.